The first-order valence-corrected chi connectivity index (χ1v) is 10.2. The molecule has 1 aliphatic heterocycles. The fraction of sp³-hybridized carbons (Fsp3) is 0.333. The van der Waals surface area contributed by atoms with Gasteiger partial charge in [-0.3, -0.25) is 0 Å². The third-order valence-corrected chi connectivity index (χ3v) is 6.26. The number of benzene rings is 2. The van der Waals surface area contributed by atoms with E-state index in [0.29, 0.717) is 30.1 Å². The minimum atomic E-state index is -0.719. The summed E-state index contributed by atoms with van der Waals surface area (Å²) in [4.78, 5) is 14.1. The molecule has 0 saturated heterocycles. The Kier molecular flexibility index (Phi) is 6.36. The van der Waals surface area contributed by atoms with E-state index in [1.165, 1.54) is 23.9 Å². The van der Waals surface area contributed by atoms with Gasteiger partial charge >= 0.3 is 6.03 Å². The van der Waals surface area contributed by atoms with E-state index in [-0.39, 0.29) is 11.8 Å². The zero-order chi connectivity index (χ0) is 20.1. The van der Waals surface area contributed by atoms with Crippen LogP contribution >= 0.6 is 11.8 Å². The maximum absolute atomic E-state index is 13.8. The van der Waals surface area contributed by atoms with Crippen LogP contribution in [0.3, 0.4) is 0 Å². The molecule has 1 atom stereocenters. The van der Waals surface area contributed by atoms with Gasteiger partial charge in [0, 0.05) is 19.2 Å². The van der Waals surface area contributed by atoms with Crippen LogP contribution in [0.2, 0.25) is 0 Å². The molecule has 148 valence electrons. The highest BCUT2D eigenvalue weighted by Crippen LogP contribution is 2.50. The Hall–Kier alpha value is -2.38. The molecule has 0 fully saturated rings. The number of nitrogens with zero attached hydrogens (tertiary/aromatic N) is 3. The first-order valence-electron chi connectivity index (χ1n) is 9.36. The summed E-state index contributed by atoms with van der Waals surface area (Å²) in [5, 5.41) is 6.84. The van der Waals surface area contributed by atoms with Crippen LogP contribution in [0, 0.1) is 5.82 Å². The maximum Gasteiger partial charge on any atom is 0.341 e. The topological polar surface area (TPSA) is 61.9 Å². The number of halogens is 1. The van der Waals surface area contributed by atoms with E-state index in [0.717, 1.165) is 12.0 Å². The van der Waals surface area contributed by atoms with E-state index in [9.17, 15) is 9.18 Å². The molecule has 0 aromatic heterocycles. The van der Waals surface area contributed by atoms with Crippen molar-refractivity contribution in [2.75, 3.05) is 20.1 Å². The van der Waals surface area contributed by atoms with Crippen molar-refractivity contribution in [3.05, 3.63) is 71.5 Å². The number of carbonyl (C=O) groups excluding carboxylic acids is 1. The molecule has 0 aliphatic carbocycles. The van der Waals surface area contributed by atoms with Crippen LogP contribution in [0.15, 0.2) is 59.7 Å². The van der Waals surface area contributed by atoms with Gasteiger partial charge in [-0.15, -0.1) is 0 Å². The average Bonchev–Trinajstić information content (AvgIpc) is 3.12. The van der Waals surface area contributed by atoms with Gasteiger partial charge in [-0.05, 0) is 44.0 Å². The summed E-state index contributed by atoms with van der Waals surface area (Å²) in [6, 6.07) is 16.0. The highest BCUT2D eigenvalue weighted by atomic mass is 32.2. The Labute approximate surface area is 169 Å². The van der Waals surface area contributed by atoms with Crippen LogP contribution in [0.4, 0.5) is 9.18 Å². The van der Waals surface area contributed by atoms with Gasteiger partial charge < -0.3 is 10.6 Å². The lowest BCUT2D eigenvalue weighted by molar-refractivity contribution is 0.133. The zero-order valence-electron chi connectivity index (χ0n) is 16.1. The Bertz CT molecular complexity index is 860. The first-order chi connectivity index (χ1) is 13.5. The van der Waals surface area contributed by atoms with Crippen molar-refractivity contribution in [2.24, 2.45) is 10.8 Å². The number of amides is 2. The average molecular weight is 401 g/mol. The molecular formula is C21H25FN4OS. The molecular weight excluding hydrogens is 375 g/mol. The van der Waals surface area contributed by atoms with E-state index in [2.05, 4.69) is 5.10 Å². The molecule has 2 aromatic carbocycles. The summed E-state index contributed by atoms with van der Waals surface area (Å²) >= 11 is 1.48. The van der Waals surface area contributed by atoms with Crippen molar-refractivity contribution in [3.8, 4) is 0 Å². The van der Waals surface area contributed by atoms with E-state index in [4.69, 9.17) is 5.73 Å². The van der Waals surface area contributed by atoms with Crippen LogP contribution < -0.4 is 5.73 Å². The molecule has 1 aliphatic rings. The van der Waals surface area contributed by atoms with Crippen molar-refractivity contribution >= 4 is 22.8 Å². The summed E-state index contributed by atoms with van der Waals surface area (Å²) in [7, 11) is 1.75. The summed E-state index contributed by atoms with van der Waals surface area (Å²) < 4.78 is 13.8. The molecule has 5 nitrogen and oxygen atoms in total. The lowest BCUT2D eigenvalue weighted by Crippen LogP contribution is -2.47. The van der Waals surface area contributed by atoms with Crippen molar-refractivity contribution < 1.29 is 9.18 Å². The molecule has 1 heterocycles. The molecule has 2 N–H and O–H groups in total. The van der Waals surface area contributed by atoms with Crippen molar-refractivity contribution in [1.82, 2.24) is 9.91 Å². The van der Waals surface area contributed by atoms with Gasteiger partial charge in [0.15, 0.2) is 0 Å². The Balaban J connectivity index is 2.11. The van der Waals surface area contributed by atoms with Crippen molar-refractivity contribution in [1.29, 1.82) is 0 Å². The second kappa shape index (κ2) is 8.75. The lowest BCUT2D eigenvalue weighted by atomic mass is 10.0. The van der Waals surface area contributed by atoms with Crippen LogP contribution in [-0.2, 0) is 4.87 Å². The zero-order valence-corrected chi connectivity index (χ0v) is 17.0. The van der Waals surface area contributed by atoms with E-state index in [1.807, 2.05) is 43.3 Å². The number of rotatable bonds is 6. The third-order valence-electron chi connectivity index (χ3n) is 4.80. The summed E-state index contributed by atoms with van der Waals surface area (Å²) in [6.07, 6.45) is 1.37. The van der Waals surface area contributed by atoms with Crippen LogP contribution in [-0.4, -0.2) is 41.1 Å². The van der Waals surface area contributed by atoms with Gasteiger partial charge in [-0.25, -0.2) is 9.18 Å². The number of hydrogen-bond donors (Lipinski definition) is 1. The van der Waals surface area contributed by atoms with Gasteiger partial charge in [-0.2, -0.15) is 10.1 Å². The van der Waals surface area contributed by atoms with E-state index >= 15 is 0 Å². The number of hydrazone groups is 1. The lowest BCUT2D eigenvalue weighted by Gasteiger charge is -2.37. The SMILES string of the molecule is CCN(C)C(=O)N1N=C(c2cccc(F)c2)SC1(CCCN)c1ccccc1. The molecule has 1 unspecified atom stereocenters. The van der Waals surface area contributed by atoms with Crippen LogP contribution in [0.1, 0.15) is 30.9 Å². The minimum Gasteiger partial charge on any atom is -0.330 e. The van der Waals surface area contributed by atoms with Gasteiger partial charge in [0.25, 0.3) is 0 Å². The predicted octanol–water partition coefficient (Wildman–Crippen LogP) is 4.20. The molecule has 7 heteroatoms. The van der Waals surface area contributed by atoms with Crippen molar-refractivity contribution in [2.45, 2.75) is 24.6 Å². The predicted molar refractivity (Wildman–Crippen MR) is 112 cm³/mol. The molecule has 28 heavy (non-hydrogen) atoms. The second-order valence-corrected chi connectivity index (χ2v) is 7.93. The fourth-order valence-corrected chi connectivity index (χ4v) is 4.54. The first kappa shape index (κ1) is 20.4. The maximum atomic E-state index is 13.8. The molecule has 2 amide bonds. The Morgan fingerprint density at radius 3 is 2.64 bits per heavy atom. The Morgan fingerprint density at radius 1 is 1.25 bits per heavy atom. The van der Waals surface area contributed by atoms with Crippen LogP contribution in [0.5, 0.6) is 0 Å². The number of urea groups is 1. The van der Waals surface area contributed by atoms with Gasteiger partial charge in [0.05, 0.1) is 0 Å². The number of carbonyl (C=O) groups is 1. The summed E-state index contributed by atoms with van der Waals surface area (Å²) in [6.45, 7) is 2.99. The third kappa shape index (κ3) is 3.91. The fourth-order valence-electron chi connectivity index (χ4n) is 3.15. The highest BCUT2D eigenvalue weighted by molar-refractivity contribution is 8.15. The van der Waals surface area contributed by atoms with Gasteiger partial charge in [-0.1, -0.05) is 54.2 Å². The second-order valence-electron chi connectivity index (χ2n) is 6.67. The number of thioether (sulfide) groups is 1. The summed E-state index contributed by atoms with van der Waals surface area (Å²) in [5.74, 6) is -0.330. The standard InChI is InChI=1S/C21H25FN4OS/c1-3-25(2)20(27)26-21(13-8-14-23,17-10-5-4-6-11-17)28-19(24-26)16-9-7-12-18(22)15-16/h4-7,9-12,15H,3,8,13-14,23H2,1-2H3. The molecule has 0 spiro atoms. The summed E-state index contributed by atoms with van der Waals surface area (Å²) in [5.41, 5.74) is 7.44. The minimum absolute atomic E-state index is 0.192. The van der Waals surface area contributed by atoms with Crippen LogP contribution in [0.25, 0.3) is 0 Å². The molecule has 3 rings (SSSR count). The highest BCUT2D eigenvalue weighted by Gasteiger charge is 2.48. The molecule has 0 radical (unpaired) electrons. The quantitative estimate of drug-likeness (QED) is 0.790. The molecule has 0 bridgehead atoms. The molecule has 2 aromatic rings. The number of hydrogen-bond acceptors (Lipinski definition) is 4. The monoisotopic (exact) mass is 400 g/mol. The Morgan fingerprint density at radius 2 is 2.00 bits per heavy atom. The van der Waals surface area contributed by atoms with E-state index in [1.54, 1.807) is 23.0 Å². The van der Waals surface area contributed by atoms with Gasteiger partial charge in [0.1, 0.15) is 15.7 Å². The smallest absolute Gasteiger partial charge is 0.330 e. The number of nitrogens with two attached hydrogens (primary N) is 1. The molecule has 0 saturated carbocycles. The normalized spacial score (nSPS) is 18.9. The van der Waals surface area contributed by atoms with Gasteiger partial charge in [0.2, 0.25) is 0 Å². The van der Waals surface area contributed by atoms with Crippen molar-refractivity contribution in [3.63, 3.8) is 0 Å². The largest absolute Gasteiger partial charge is 0.341 e. The van der Waals surface area contributed by atoms with E-state index < -0.39 is 4.87 Å².